The molecule has 0 aliphatic carbocycles. The molecular formula is C15H14N2O4. The first-order valence-electron chi connectivity index (χ1n) is 6.27. The fraction of sp³-hybridized carbons (Fsp3) is 0.133. The molecule has 0 saturated carbocycles. The lowest BCUT2D eigenvalue weighted by molar-refractivity contribution is -0.123. The molecule has 1 aromatic heterocycles. The van der Waals surface area contributed by atoms with Crippen molar-refractivity contribution in [2.45, 2.75) is 6.54 Å². The molecule has 0 radical (unpaired) electrons. The number of hydrogen-bond acceptors (Lipinski definition) is 4. The lowest BCUT2D eigenvalue weighted by Gasteiger charge is -2.07. The predicted octanol–water partition coefficient (Wildman–Crippen LogP) is 1.47. The number of pyridine rings is 1. The molecule has 0 aliphatic heterocycles. The van der Waals surface area contributed by atoms with Gasteiger partial charge in [0.15, 0.2) is 6.61 Å². The van der Waals surface area contributed by atoms with E-state index in [0.29, 0.717) is 12.3 Å². The van der Waals surface area contributed by atoms with Crippen LogP contribution < -0.4 is 10.1 Å². The van der Waals surface area contributed by atoms with Crippen LogP contribution in [0.1, 0.15) is 15.9 Å². The van der Waals surface area contributed by atoms with Crippen LogP contribution in [-0.2, 0) is 11.3 Å². The van der Waals surface area contributed by atoms with E-state index in [2.05, 4.69) is 10.3 Å². The zero-order valence-electron chi connectivity index (χ0n) is 11.2. The van der Waals surface area contributed by atoms with Gasteiger partial charge in [-0.15, -0.1) is 0 Å². The number of amides is 1. The number of carboxylic acid groups (broad SMARTS) is 1. The van der Waals surface area contributed by atoms with Crippen LogP contribution in [-0.4, -0.2) is 28.6 Å². The third kappa shape index (κ3) is 4.61. The Morgan fingerprint density at radius 1 is 1.19 bits per heavy atom. The highest BCUT2D eigenvalue weighted by Gasteiger charge is 2.05. The topological polar surface area (TPSA) is 88.5 Å². The number of aromatic nitrogens is 1. The van der Waals surface area contributed by atoms with Crippen LogP contribution in [0.3, 0.4) is 0 Å². The first-order valence-corrected chi connectivity index (χ1v) is 6.27. The van der Waals surface area contributed by atoms with Crippen LogP contribution in [0, 0.1) is 0 Å². The summed E-state index contributed by atoms with van der Waals surface area (Å²) >= 11 is 0. The molecule has 0 fully saturated rings. The second-order valence-corrected chi connectivity index (χ2v) is 4.26. The molecule has 6 nitrogen and oxygen atoms in total. The second-order valence-electron chi connectivity index (χ2n) is 4.26. The van der Waals surface area contributed by atoms with E-state index in [1.807, 2.05) is 6.07 Å². The average Bonchev–Trinajstić information content (AvgIpc) is 2.52. The maximum atomic E-state index is 11.6. The van der Waals surface area contributed by atoms with Crippen molar-refractivity contribution in [1.29, 1.82) is 0 Å². The maximum Gasteiger partial charge on any atom is 0.335 e. The lowest BCUT2D eigenvalue weighted by atomic mass is 10.2. The summed E-state index contributed by atoms with van der Waals surface area (Å²) in [7, 11) is 0. The Labute approximate surface area is 121 Å². The third-order valence-electron chi connectivity index (χ3n) is 2.68. The van der Waals surface area contributed by atoms with E-state index in [1.54, 1.807) is 18.5 Å². The van der Waals surface area contributed by atoms with E-state index in [0.717, 1.165) is 5.56 Å². The Balaban J connectivity index is 1.77. The summed E-state index contributed by atoms with van der Waals surface area (Å²) < 4.78 is 5.27. The van der Waals surface area contributed by atoms with Gasteiger partial charge in [0.2, 0.25) is 0 Å². The SMILES string of the molecule is O=C(COc1ccc(C(=O)O)cc1)NCc1cccnc1. The lowest BCUT2D eigenvalue weighted by Crippen LogP contribution is -2.28. The summed E-state index contributed by atoms with van der Waals surface area (Å²) in [5.41, 5.74) is 1.07. The molecule has 1 amide bonds. The van der Waals surface area contributed by atoms with Gasteiger partial charge >= 0.3 is 5.97 Å². The molecule has 0 saturated heterocycles. The number of hydrogen-bond donors (Lipinski definition) is 2. The van der Waals surface area contributed by atoms with Gasteiger partial charge in [-0.25, -0.2) is 4.79 Å². The van der Waals surface area contributed by atoms with Crippen LogP contribution in [0.4, 0.5) is 0 Å². The Kier molecular flexibility index (Phi) is 4.87. The standard InChI is InChI=1S/C15H14N2O4/c18-14(17-9-11-2-1-7-16-8-11)10-21-13-5-3-12(4-6-13)15(19)20/h1-8H,9-10H2,(H,17,18)(H,19,20). The molecular weight excluding hydrogens is 272 g/mol. The van der Waals surface area contributed by atoms with Crippen molar-refractivity contribution in [3.63, 3.8) is 0 Å². The summed E-state index contributed by atoms with van der Waals surface area (Å²) in [6.45, 7) is 0.251. The van der Waals surface area contributed by atoms with E-state index >= 15 is 0 Å². The van der Waals surface area contributed by atoms with Crippen molar-refractivity contribution in [3.8, 4) is 5.75 Å². The molecule has 0 aliphatic rings. The van der Waals surface area contributed by atoms with Crippen LogP contribution >= 0.6 is 0 Å². The number of carbonyl (C=O) groups is 2. The van der Waals surface area contributed by atoms with Gasteiger partial charge in [0, 0.05) is 18.9 Å². The number of benzene rings is 1. The van der Waals surface area contributed by atoms with Crippen molar-refractivity contribution in [3.05, 3.63) is 59.9 Å². The van der Waals surface area contributed by atoms with Crippen LogP contribution in [0.5, 0.6) is 5.75 Å². The van der Waals surface area contributed by atoms with E-state index in [9.17, 15) is 9.59 Å². The quantitative estimate of drug-likeness (QED) is 0.839. The van der Waals surface area contributed by atoms with Crippen LogP contribution in [0.25, 0.3) is 0 Å². The zero-order valence-corrected chi connectivity index (χ0v) is 11.2. The molecule has 2 aromatic rings. The predicted molar refractivity (Wildman–Crippen MR) is 75.0 cm³/mol. The highest BCUT2D eigenvalue weighted by Crippen LogP contribution is 2.11. The fourth-order valence-corrected chi connectivity index (χ4v) is 1.60. The van der Waals surface area contributed by atoms with Crippen molar-refractivity contribution in [1.82, 2.24) is 10.3 Å². The van der Waals surface area contributed by atoms with Crippen LogP contribution in [0.15, 0.2) is 48.8 Å². The summed E-state index contributed by atoms with van der Waals surface area (Å²) in [5, 5.41) is 11.5. The van der Waals surface area contributed by atoms with Gasteiger partial charge in [-0.2, -0.15) is 0 Å². The molecule has 2 rings (SSSR count). The average molecular weight is 286 g/mol. The molecule has 21 heavy (non-hydrogen) atoms. The van der Waals surface area contributed by atoms with Gasteiger partial charge in [0.25, 0.3) is 5.91 Å². The number of ether oxygens (including phenoxy) is 1. The summed E-state index contributed by atoms with van der Waals surface area (Å²) in [5.74, 6) is -0.826. The number of rotatable bonds is 6. The van der Waals surface area contributed by atoms with E-state index in [-0.39, 0.29) is 18.1 Å². The number of nitrogens with one attached hydrogen (secondary N) is 1. The first-order chi connectivity index (χ1) is 10.1. The number of carboxylic acids is 1. The summed E-state index contributed by atoms with van der Waals surface area (Å²) in [4.78, 5) is 26.3. The Morgan fingerprint density at radius 2 is 1.95 bits per heavy atom. The molecule has 6 heteroatoms. The molecule has 0 bridgehead atoms. The van der Waals surface area contributed by atoms with Gasteiger partial charge in [0.1, 0.15) is 5.75 Å². The van der Waals surface area contributed by atoms with E-state index < -0.39 is 5.97 Å². The van der Waals surface area contributed by atoms with Crippen molar-refractivity contribution in [2.24, 2.45) is 0 Å². The summed E-state index contributed by atoms with van der Waals surface area (Å²) in [6.07, 6.45) is 3.33. The number of carbonyl (C=O) groups excluding carboxylic acids is 1. The van der Waals surface area contributed by atoms with Crippen LogP contribution in [0.2, 0.25) is 0 Å². The van der Waals surface area contributed by atoms with Crippen molar-refractivity contribution >= 4 is 11.9 Å². The zero-order chi connectivity index (χ0) is 15.1. The normalized spacial score (nSPS) is 9.90. The number of aromatic carboxylic acids is 1. The highest BCUT2D eigenvalue weighted by atomic mass is 16.5. The molecule has 1 aromatic carbocycles. The molecule has 2 N–H and O–H groups in total. The molecule has 1 heterocycles. The smallest absolute Gasteiger partial charge is 0.335 e. The maximum absolute atomic E-state index is 11.6. The fourth-order valence-electron chi connectivity index (χ4n) is 1.60. The molecule has 0 unspecified atom stereocenters. The van der Waals surface area contributed by atoms with Gasteiger partial charge in [0.05, 0.1) is 5.56 Å². The van der Waals surface area contributed by atoms with Gasteiger partial charge < -0.3 is 15.2 Å². The second kappa shape index (κ2) is 7.04. The van der Waals surface area contributed by atoms with Crippen molar-refractivity contribution < 1.29 is 19.4 Å². The Morgan fingerprint density at radius 3 is 2.57 bits per heavy atom. The Hall–Kier alpha value is -2.89. The Bertz CT molecular complexity index is 611. The largest absolute Gasteiger partial charge is 0.484 e. The number of nitrogens with zero attached hydrogens (tertiary/aromatic N) is 1. The van der Waals surface area contributed by atoms with E-state index in [4.69, 9.17) is 9.84 Å². The monoisotopic (exact) mass is 286 g/mol. The van der Waals surface area contributed by atoms with Crippen molar-refractivity contribution in [2.75, 3.05) is 6.61 Å². The minimum Gasteiger partial charge on any atom is -0.484 e. The molecule has 0 spiro atoms. The van der Waals surface area contributed by atoms with Gasteiger partial charge in [-0.3, -0.25) is 9.78 Å². The minimum absolute atomic E-state index is 0.132. The highest BCUT2D eigenvalue weighted by molar-refractivity contribution is 5.87. The van der Waals surface area contributed by atoms with E-state index in [1.165, 1.54) is 24.3 Å². The van der Waals surface area contributed by atoms with Gasteiger partial charge in [-0.1, -0.05) is 6.07 Å². The first kappa shape index (κ1) is 14.5. The molecule has 0 atom stereocenters. The molecule has 108 valence electrons. The third-order valence-corrected chi connectivity index (χ3v) is 2.68. The van der Waals surface area contributed by atoms with Gasteiger partial charge in [-0.05, 0) is 35.9 Å². The summed E-state index contributed by atoms with van der Waals surface area (Å²) in [6, 6.07) is 9.52. The minimum atomic E-state index is -1.00.